The number of ether oxygens (including phenoxy) is 1. The Bertz CT molecular complexity index is 384. The summed E-state index contributed by atoms with van der Waals surface area (Å²) in [6.07, 6.45) is 2.26. The van der Waals surface area contributed by atoms with Gasteiger partial charge in [-0.15, -0.1) is 0 Å². The highest BCUT2D eigenvalue weighted by atomic mass is 32.2. The monoisotopic (exact) mass is 257 g/mol. The fourth-order valence-electron chi connectivity index (χ4n) is 1.13. The van der Waals surface area contributed by atoms with Crippen LogP contribution in [0, 0.1) is 0 Å². The molecule has 0 atom stereocenters. The molecule has 5 nitrogen and oxygen atoms in total. The predicted octanol–water partition coefficient (Wildman–Crippen LogP) is 2.06. The quantitative estimate of drug-likeness (QED) is 0.786. The maximum Gasteiger partial charge on any atom is 0.367 e. The van der Waals surface area contributed by atoms with E-state index >= 15 is 0 Å². The largest absolute Gasteiger partial charge is 0.506 e. The summed E-state index contributed by atoms with van der Waals surface area (Å²) in [6.45, 7) is 2.05. The number of aromatic hydroxyl groups is 1. The summed E-state index contributed by atoms with van der Waals surface area (Å²) in [5.41, 5.74) is 0.771. The van der Waals surface area contributed by atoms with Gasteiger partial charge in [0.1, 0.15) is 5.75 Å². The van der Waals surface area contributed by atoms with E-state index in [1.165, 1.54) is 12.3 Å². The SMILES string of the molecule is CCCOC(=O)SCc1nccc(CO)c1O. The number of rotatable bonds is 5. The molecule has 0 saturated heterocycles. The lowest BCUT2D eigenvalue weighted by Gasteiger charge is -2.06. The van der Waals surface area contributed by atoms with E-state index < -0.39 is 0 Å². The first-order chi connectivity index (χ1) is 8.19. The minimum atomic E-state index is -0.387. The van der Waals surface area contributed by atoms with Crippen LogP contribution >= 0.6 is 11.8 Å². The van der Waals surface area contributed by atoms with E-state index in [1.807, 2.05) is 6.92 Å². The number of pyridine rings is 1. The molecule has 0 spiro atoms. The molecule has 0 unspecified atom stereocenters. The summed E-state index contributed by atoms with van der Waals surface area (Å²) in [4.78, 5) is 15.2. The minimum Gasteiger partial charge on any atom is -0.506 e. The predicted molar refractivity (Wildman–Crippen MR) is 64.8 cm³/mol. The van der Waals surface area contributed by atoms with E-state index in [4.69, 9.17) is 9.84 Å². The van der Waals surface area contributed by atoms with Gasteiger partial charge < -0.3 is 14.9 Å². The molecular formula is C11H15NO4S. The zero-order valence-electron chi connectivity index (χ0n) is 9.55. The highest BCUT2D eigenvalue weighted by molar-refractivity contribution is 8.12. The van der Waals surface area contributed by atoms with Crippen molar-refractivity contribution in [3.05, 3.63) is 23.5 Å². The lowest BCUT2D eigenvalue weighted by molar-refractivity contribution is 0.175. The van der Waals surface area contributed by atoms with Crippen LogP contribution in [0.3, 0.4) is 0 Å². The number of carbonyl (C=O) groups excluding carboxylic acids is 1. The molecule has 0 amide bonds. The summed E-state index contributed by atoms with van der Waals surface area (Å²) in [5.74, 6) is 0.160. The Morgan fingerprint density at radius 1 is 1.59 bits per heavy atom. The van der Waals surface area contributed by atoms with Gasteiger partial charge in [0.05, 0.1) is 24.7 Å². The van der Waals surface area contributed by atoms with Crippen LogP contribution in [-0.2, 0) is 17.1 Å². The average Bonchev–Trinajstić information content (AvgIpc) is 2.35. The molecule has 1 aromatic rings. The van der Waals surface area contributed by atoms with Crippen LogP contribution in [0.1, 0.15) is 24.6 Å². The molecule has 0 aliphatic carbocycles. The molecule has 0 bridgehead atoms. The van der Waals surface area contributed by atoms with E-state index in [2.05, 4.69) is 4.98 Å². The van der Waals surface area contributed by atoms with E-state index in [9.17, 15) is 9.90 Å². The Balaban J connectivity index is 2.54. The number of thioether (sulfide) groups is 1. The smallest absolute Gasteiger partial charge is 0.367 e. The van der Waals surface area contributed by atoms with Crippen LogP contribution in [0.15, 0.2) is 12.3 Å². The van der Waals surface area contributed by atoms with E-state index in [0.717, 1.165) is 18.2 Å². The number of hydrogen-bond donors (Lipinski definition) is 2. The molecule has 0 aromatic carbocycles. The third kappa shape index (κ3) is 4.24. The topological polar surface area (TPSA) is 79.7 Å². The number of aliphatic hydroxyl groups is 1. The first-order valence-corrected chi connectivity index (χ1v) is 6.23. The Morgan fingerprint density at radius 2 is 2.35 bits per heavy atom. The Kier molecular flexibility index (Phi) is 5.79. The van der Waals surface area contributed by atoms with Crippen molar-refractivity contribution >= 4 is 17.1 Å². The van der Waals surface area contributed by atoms with Crippen LogP contribution in [-0.4, -0.2) is 27.1 Å². The summed E-state index contributed by atoms with van der Waals surface area (Å²) in [6, 6.07) is 1.53. The second-order valence-corrected chi connectivity index (χ2v) is 4.22. The van der Waals surface area contributed by atoms with Gasteiger partial charge in [0.25, 0.3) is 0 Å². The number of aliphatic hydroxyl groups excluding tert-OH is 1. The fraction of sp³-hybridized carbons (Fsp3) is 0.455. The van der Waals surface area contributed by atoms with Gasteiger partial charge in [-0.25, -0.2) is 4.79 Å². The fourth-order valence-corrected chi connectivity index (χ4v) is 1.76. The van der Waals surface area contributed by atoms with Gasteiger partial charge in [-0.2, -0.15) is 0 Å². The minimum absolute atomic E-state index is 0.0641. The van der Waals surface area contributed by atoms with Crippen molar-refractivity contribution in [3.8, 4) is 5.75 Å². The third-order valence-electron chi connectivity index (χ3n) is 2.00. The van der Waals surface area contributed by atoms with E-state index in [1.54, 1.807) is 0 Å². The second-order valence-electron chi connectivity index (χ2n) is 3.31. The Hall–Kier alpha value is -1.27. The molecule has 0 aliphatic heterocycles. The molecule has 1 rings (SSSR count). The first kappa shape index (κ1) is 13.8. The van der Waals surface area contributed by atoms with Crippen LogP contribution < -0.4 is 0 Å². The molecule has 17 heavy (non-hydrogen) atoms. The summed E-state index contributed by atoms with van der Waals surface area (Å²) >= 11 is 0.938. The average molecular weight is 257 g/mol. The number of hydrogen-bond acceptors (Lipinski definition) is 6. The third-order valence-corrected chi connectivity index (χ3v) is 2.78. The molecule has 2 N–H and O–H groups in total. The number of nitrogens with zero attached hydrogens (tertiary/aromatic N) is 1. The second kappa shape index (κ2) is 7.13. The van der Waals surface area contributed by atoms with Gasteiger partial charge in [0.15, 0.2) is 0 Å². The zero-order valence-corrected chi connectivity index (χ0v) is 10.4. The standard InChI is InChI=1S/C11H15NO4S/c1-2-5-16-11(15)17-7-9-10(14)8(6-13)3-4-12-9/h3-4,13-14H,2,5-7H2,1H3. The molecule has 6 heteroatoms. The highest BCUT2D eigenvalue weighted by Crippen LogP contribution is 2.24. The molecule has 94 valence electrons. The van der Waals surface area contributed by atoms with E-state index in [-0.39, 0.29) is 23.4 Å². The summed E-state index contributed by atoms with van der Waals surface area (Å²) < 4.78 is 4.87. The number of aromatic nitrogens is 1. The highest BCUT2D eigenvalue weighted by Gasteiger charge is 2.11. The zero-order chi connectivity index (χ0) is 12.7. The summed E-state index contributed by atoms with van der Waals surface area (Å²) in [7, 11) is 0. The molecule has 0 aliphatic rings. The van der Waals surface area contributed by atoms with Gasteiger partial charge in [0.2, 0.25) is 0 Å². The lowest BCUT2D eigenvalue weighted by atomic mass is 10.2. The van der Waals surface area contributed by atoms with Crippen molar-refractivity contribution in [1.82, 2.24) is 4.98 Å². The molecule has 0 saturated carbocycles. The molecule has 0 fully saturated rings. The van der Waals surface area contributed by atoms with E-state index in [0.29, 0.717) is 17.9 Å². The van der Waals surface area contributed by atoms with Gasteiger partial charge in [-0.05, 0) is 24.2 Å². The van der Waals surface area contributed by atoms with Gasteiger partial charge >= 0.3 is 5.30 Å². The normalized spacial score (nSPS) is 10.2. The molecule has 1 heterocycles. The molecule has 0 radical (unpaired) electrons. The molecular weight excluding hydrogens is 242 g/mol. The Labute approximate surface area is 104 Å². The van der Waals surface area contributed by atoms with Crippen LogP contribution in [0.2, 0.25) is 0 Å². The summed E-state index contributed by atoms with van der Waals surface area (Å²) in [5, 5.41) is 18.3. The number of carbonyl (C=O) groups is 1. The van der Waals surface area contributed by atoms with Crippen LogP contribution in [0.4, 0.5) is 4.79 Å². The molecule has 1 aromatic heterocycles. The van der Waals surface area contributed by atoms with Gasteiger partial charge in [0, 0.05) is 11.8 Å². The van der Waals surface area contributed by atoms with Gasteiger partial charge in [-0.1, -0.05) is 6.92 Å². The lowest BCUT2D eigenvalue weighted by Crippen LogP contribution is -2.00. The van der Waals surface area contributed by atoms with Crippen molar-refractivity contribution in [3.63, 3.8) is 0 Å². The van der Waals surface area contributed by atoms with Crippen molar-refractivity contribution < 1.29 is 19.7 Å². The van der Waals surface area contributed by atoms with Crippen LogP contribution in [0.5, 0.6) is 5.75 Å². The van der Waals surface area contributed by atoms with Gasteiger partial charge in [-0.3, -0.25) is 4.98 Å². The maximum absolute atomic E-state index is 11.2. The van der Waals surface area contributed by atoms with Crippen LogP contribution in [0.25, 0.3) is 0 Å². The van der Waals surface area contributed by atoms with Crippen molar-refractivity contribution in [2.45, 2.75) is 25.7 Å². The Morgan fingerprint density at radius 3 is 3.00 bits per heavy atom. The maximum atomic E-state index is 11.2. The first-order valence-electron chi connectivity index (χ1n) is 5.25. The van der Waals surface area contributed by atoms with Crippen molar-refractivity contribution in [2.75, 3.05) is 6.61 Å². The van der Waals surface area contributed by atoms with Crippen molar-refractivity contribution in [1.29, 1.82) is 0 Å². The van der Waals surface area contributed by atoms with Crippen molar-refractivity contribution in [2.24, 2.45) is 0 Å².